The molecule has 0 spiro atoms. The fourth-order valence-electron chi connectivity index (χ4n) is 1.60. The summed E-state index contributed by atoms with van der Waals surface area (Å²) in [5.74, 6) is 1.52. The SMILES string of the molecule is CCC(C)CN(C)c1cc(C#N)cc(C)n1. The van der Waals surface area contributed by atoms with Crippen LogP contribution in [0.15, 0.2) is 12.1 Å². The number of pyridine rings is 1. The largest absolute Gasteiger partial charge is 0.359 e. The second-order valence-corrected chi connectivity index (χ2v) is 4.36. The number of nitrogens with zero attached hydrogens (tertiary/aromatic N) is 3. The summed E-state index contributed by atoms with van der Waals surface area (Å²) < 4.78 is 0. The van der Waals surface area contributed by atoms with E-state index in [1.807, 2.05) is 20.0 Å². The highest BCUT2D eigenvalue weighted by atomic mass is 15.2. The number of aryl methyl sites for hydroxylation is 1. The molecule has 1 aromatic rings. The molecule has 0 aromatic carbocycles. The number of hydrogen-bond donors (Lipinski definition) is 0. The molecular weight excluding hydrogens is 198 g/mol. The van der Waals surface area contributed by atoms with E-state index in [1.165, 1.54) is 0 Å². The van der Waals surface area contributed by atoms with E-state index in [0.29, 0.717) is 11.5 Å². The van der Waals surface area contributed by atoms with Crippen molar-refractivity contribution in [2.45, 2.75) is 27.2 Å². The molecule has 0 saturated carbocycles. The molecule has 0 bridgehead atoms. The van der Waals surface area contributed by atoms with Gasteiger partial charge in [0.2, 0.25) is 0 Å². The molecule has 0 radical (unpaired) electrons. The normalized spacial score (nSPS) is 11.9. The van der Waals surface area contributed by atoms with E-state index in [4.69, 9.17) is 5.26 Å². The van der Waals surface area contributed by atoms with Gasteiger partial charge < -0.3 is 4.90 Å². The van der Waals surface area contributed by atoms with Crippen LogP contribution < -0.4 is 4.90 Å². The standard InChI is InChI=1S/C13H19N3/c1-5-10(2)9-16(4)13-7-12(8-14)6-11(3)15-13/h6-7,10H,5,9H2,1-4H3. The minimum Gasteiger partial charge on any atom is -0.359 e. The van der Waals surface area contributed by atoms with Crippen molar-refractivity contribution in [2.24, 2.45) is 5.92 Å². The first-order valence-corrected chi connectivity index (χ1v) is 5.66. The summed E-state index contributed by atoms with van der Waals surface area (Å²) in [4.78, 5) is 6.56. The minimum atomic E-state index is 0.637. The van der Waals surface area contributed by atoms with Gasteiger partial charge in [-0.1, -0.05) is 20.3 Å². The van der Waals surface area contributed by atoms with Crippen LogP contribution >= 0.6 is 0 Å². The maximum absolute atomic E-state index is 8.90. The van der Waals surface area contributed by atoms with Crippen LogP contribution in [-0.4, -0.2) is 18.6 Å². The van der Waals surface area contributed by atoms with Gasteiger partial charge in [-0.2, -0.15) is 5.26 Å². The number of aromatic nitrogens is 1. The van der Waals surface area contributed by atoms with E-state index < -0.39 is 0 Å². The fourth-order valence-corrected chi connectivity index (χ4v) is 1.60. The molecule has 3 nitrogen and oxygen atoms in total. The third kappa shape index (κ3) is 3.23. The van der Waals surface area contributed by atoms with Crippen LogP contribution in [-0.2, 0) is 0 Å². The first-order valence-electron chi connectivity index (χ1n) is 5.66. The molecule has 0 aliphatic heterocycles. The molecule has 0 fully saturated rings. The number of rotatable bonds is 4. The molecule has 86 valence electrons. The molecule has 1 rings (SSSR count). The maximum Gasteiger partial charge on any atom is 0.129 e. The third-order valence-corrected chi connectivity index (χ3v) is 2.74. The van der Waals surface area contributed by atoms with Crippen LogP contribution in [0.3, 0.4) is 0 Å². The zero-order chi connectivity index (χ0) is 12.1. The van der Waals surface area contributed by atoms with Crippen molar-refractivity contribution in [3.8, 4) is 6.07 Å². The topological polar surface area (TPSA) is 39.9 Å². The molecule has 0 saturated heterocycles. The molecule has 0 aliphatic carbocycles. The number of anilines is 1. The molecule has 16 heavy (non-hydrogen) atoms. The second-order valence-electron chi connectivity index (χ2n) is 4.36. The molecular formula is C13H19N3. The lowest BCUT2D eigenvalue weighted by Gasteiger charge is -2.22. The Bertz CT molecular complexity index is 393. The zero-order valence-corrected chi connectivity index (χ0v) is 10.5. The average molecular weight is 217 g/mol. The molecule has 1 unspecified atom stereocenters. The van der Waals surface area contributed by atoms with Crippen molar-refractivity contribution in [3.63, 3.8) is 0 Å². The van der Waals surface area contributed by atoms with Gasteiger partial charge in [0.25, 0.3) is 0 Å². The molecule has 3 heteroatoms. The van der Waals surface area contributed by atoms with Crippen molar-refractivity contribution in [1.29, 1.82) is 5.26 Å². The molecule has 1 aromatic heterocycles. The summed E-state index contributed by atoms with van der Waals surface area (Å²) in [5, 5.41) is 8.90. The first-order chi connectivity index (χ1) is 7.56. The predicted molar refractivity (Wildman–Crippen MR) is 66.4 cm³/mol. The van der Waals surface area contributed by atoms with E-state index in [-0.39, 0.29) is 0 Å². The summed E-state index contributed by atoms with van der Waals surface area (Å²) in [7, 11) is 2.02. The van der Waals surface area contributed by atoms with Crippen LogP contribution in [0.1, 0.15) is 31.5 Å². The van der Waals surface area contributed by atoms with E-state index in [2.05, 4.69) is 29.8 Å². The molecule has 0 N–H and O–H groups in total. The summed E-state index contributed by atoms with van der Waals surface area (Å²) in [6, 6.07) is 5.81. The predicted octanol–water partition coefficient (Wildman–Crippen LogP) is 2.74. The van der Waals surface area contributed by atoms with Gasteiger partial charge >= 0.3 is 0 Å². The van der Waals surface area contributed by atoms with Gasteiger partial charge in [-0.25, -0.2) is 4.98 Å². The van der Waals surface area contributed by atoms with Gasteiger partial charge in [0.1, 0.15) is 5.82 Å². The van der Waals surface area contributed by atoms with Crippen LogP contribution in [0.2, 0.25) is 0 Å². The lowest BCUT2D eigenvalue weighted by atomic mass is 10.1. The lowest BCUT2D eigenvalue weighted by molar-refractivity contribution is 0.557. The summed E-state index contributed by atoms with van der Waals surface area (Å²) in [6.45, 7) is 7.29. The Kier molecular flexibility index (Phi) is 4.30. The summed E-state index contributed by atoms with van der Waals surface area (Å²) in [6.07, 6.45) is 1.15. The van der Waals surface area contributed by atoms with Crippen LogP contribution in [0, 0.1) is 24.2 Å². The lowest BCUT2D eigenvalue weighted by Crippen LogP contribution is -2.24. The minimum absolute atomic E-state index is 0.637. The Morgan fingerprint density at radius 2 is 2.19 bits per heavy atom. The smallest absolute Gasteiger partial charge is 0.129 e. The Labute approximate surface area is 97.7 Å². The maximum atomic E-state index is 8.90. The quantitative estimate of drug-likeness (QED) is 0.778. The number of nitriles is 1. The summed E-state index contributed by atoms with van der Waals surface area (Å²) >= 11 is 0. The van der Waals surface area contributed by atoms with Crippen LogP contribution in [0.5, 0.6) is 0 Å². The Balaban J connectivity index is 2.87. The van der Waals surface area contributed by atoms with E-state index in [0.717, 1.165) is 24.5 Å². The van der Waals surface area contributed by atoms with Gasteiger partial charge in [-0.05, 0) is 25.0 Å². The Hall–Kier alpha value is -1.56. The average Bonchev–Trinajstić information content (AvgIpc) is 2.27. The monoisotopic (exact) mass is 217 g/mol. The van der Waals surface area contributed by atoms with Crippen molar-refractivity contribution < 1.29 is 0 Å². The van der Waals surface area contributed by atoms with Gasteiger partial charge in [-0.15, -0.1) is 0 Å². The van der Waals surface area contributed by atoms with Crippen molar-refractivity contribution in [2.75, 3.05) is 18.5 Å². The fraction of sp³-hybridized carbons (Fsp3) is 0.538. The molecule has 0 aliphatic rings. The third-order valence-electron chi connectivity index (χ3n) is 2.74. The Morgan fingerprint density at radius 1 is 1.50 bits per heavy atom. The molecule has 1 atom stereocenters. The van der Waals surface area contributed by atoms with E-state index in [9.17, 15) is 0 Å². The van der Waals surface area contributed by atoms with E-state index >= 15 is 0 Å². The highest BCUT2D eigenvalue weighted by Crippen LogP contribution is 2.15. The Morgan fingerprint density at radius 3 is 2.75 bits per heavy atom. The van der Waals surface area contributed by atoms with Crippen molar-refractivity contribution in [1.82, 2.24) is 4.98 Å². The highest BCUT2D eigenvalue weighted by Gasteiger charge is 2.08. The van der Waals surface area contributed by atoms with Gasteiger partial charge in [0.05, 0.1) is 11.6 Å². The zero-order valence-electron chi connectivity index (χ0n) is 10.5. The number of hydrogen-bond acceptors (Lipinski definition) is 3. The van der Waals surface area contributed by atoms with Gasteiger partial charge in [0.15, 0.2) is 0 Å². The van der Waals surface area contributed by atoms with Crippen molar-refractivity contribution >= 4 is 5.82 Å². The van der Waals surface area contributed by atoms with E-state index in [1.54, 1.807) is 6.07 Å². The second kappa shape index (κ2) is 5.50. The van der Waals surface area contributed by atoms with Crippen LogP contribution in [0.4, 0.5) is 5.82 Å². The molecule has 1 heterocycles. The van der Waals surface area contributed by atoms with Crippen molar-refractivity contribution in [3.05, 3.63) is 23.4 Å². The van der Waals surface area contributed by atoms with Gasteiger partial charge in [-0.3, -0.25) is 0 Å². The van der Waals surface area contributed by atoms with Gasteiger partial charge in [0, 0.05) is 19.3 Å². The van der Waals surface area contributed by atoms with Crippen LogP contribution in [0.25, 0.3) is 0 Å². The highest BCUT2D eigenvalue weighted by molar-refractivity contribution is 5.46. The molecule has 0 amide bonds. The summed E-state index contributed by atoms with van der Waals surface area (Å²) in [5.41, 5.74) is 1.57. The first kappa shape index (κ1) is 12.5.